The second kappa shape index (κ2) is 6.84. The first-order valence-electron chi connectivity index (χ1n) is 7.33. The van der Waals surface area contributed by atoms with E-state index in [9.17, 15) is 9.90 Å². The first-order chi connectivity index (χ1) is 11.5. The molecule has 0 spiro atoms. The van der Waals surface area contributed by atoms with Gasteiger partial charge in [-0.25, -0.2) is 4.98 Å². The van der Waals surface area contributed by atoms with Crippen molar-refractivity contribution in [3.63, 3.8) is 0 Å². The molecule has 0 aliphatic carbocycles. The summed E-state index contributed by atoms with van der Waals surface area (Å²) in [5.41, 5.74) is 1.27. The van der Waals surface area contributed by atoms with Gasteiger partial charge in [-0.1, -0.05) is 17.8 Å². The van der Waals surface area contributed by atoms with Crippen LogP contribution in [0.2, 0.25) is 0 Å². The molecule has 6 nitrogen and oxygen atoms in total. The van der Waals surface area contributed by atoms with Gasteiger partial charge in [0, 0.05) is 19.4 Å². The third-order valence-corrected chi connectivity index (χ3v) is 4.49. The topological polar surface area (TPSA) is 80.3 Å². The van der Waals surface area contributed by atoms with Gasteiger partial charge in [0.1, 0.15) is 11.5 Å². The number of aromatic hydroxyl groups is 1. The highest BCUT2D eigenvalue weighted by Crippen LogP contribution is 2.25. The van der Waals surface area contributed by atoms with Gasteiger partial charge >= 0.3 is 0 Å². The fraction of sp³-hybridized carbons (Fsp3) is 0.176. The quantitative estimate of drug-likeness (QED) is 0.547. The molecule has 1 amide bonds. The molecule has 0 radical (unpaired) electrons. The van der Waals surface area contributed by atoms with Crippen LogP contribution < -0.4 is 5.32 Å². The van der Waals surface area contributed by atoms with E-state index in [1.165, 1.54) is 11.8 Å². The standard InChI is InChI=1S/C17H17N3O3S/c1-11-3-5-13(14(21)9-11)19-16(22)15-6-4-12(23-15)10-24-17-18-7-8-20(17)2/h3-9,21H,10H2,1-2H3,(H,19,22). The van der Waals surface area contributed by atoms with Crippen molar-refractivity contribution in [3.8, 4) is 5.75 Å². The molecule has 24 heavy (non-hydrogen) atoms. The average Bonchev–Trinajstić information content (AvgIpc) is 3.17. The number of imidazole rings is 1. The summed E-state index contributed by atoms with van der Waals surface area (Å²) in [5.74, 6) is 1.09. The number of nitrogens with one attached hydrogen (secondary N) is 1. The lowest BCUT2D eigenvalue weighted by atomic mass is 10.2. The summed E-state index contributed by atoms with van der Waals surface area (Å²) in [7, 11) is 1.92. The number of furan rings is 1. The van der Waals surface area contributed by atoms with E-state index in [0.29, 0.717) is 17.2 Å². The Kier molecular flexibility index (Phi) is 4.61. The van der Waals surface area contributed by atoms with Gasteiger partial charge in [0.05, 0.1) is 11.4 Å². The first-order valence-corrected chi connectivity index (χ1v) is 8.31. The van der Waals surface area contributed by atoms with Crippen molar-refractivity contribution >= 4 is 23.4 Å². The molecule has 124 valence electrons. The molecular weight excluding hydrogens is 326 g/mol. The Bertz CT molecular complexity index is 870. The number of carbonyl (C=O) groups is 1. The van der Waals surface area contributed by atoms with Crippen LogP contribution in [-0.4, -0.2) is 20.6 Å². The van der Waals surface area contributed by atoms with Crippen LogP contribution in [0.25, 0.3) is 0 Å². The molecular formula is C17H17N3O3S. The Hall–Kier alpha value is -2.67. The molecule has 0 atom stereocenters. The van der Waals surface area contributed by atoms with Crippen LogP contribution in [0.15, 0.2) is 52.3 Å². The number of hydrogen-bond donors (Lipinski definition) is 2. The maximum atomic E-state index is 12.2. The molecule has 0 aliphatic rings. The number of nitrogens with zero attached hydrogens (tertiary/aromatic N) is 2. The molecule has 2 heterocycles. The number of phenols is 1. The van der Waals surface area contributed by atoms with E-state index in [2.05, 4.69) is 10.3 Å². The van der Waals surface area contributed by atoms with E-state index >= 15 is 0 Å². The smallest absolute Gasteiger partial charge is 0.291 e. The van der Waals surface area contributed by atoms with Crippen molar-refractivity contribution in [3.05, 3.63) is 59.8 Å². The molecule has 3 aromatic rings. The summed E-state index contributed by atoms with van der Waals surface area (Å²) in [6.45, 7) is 1.86. The minimum atomic E-state index is -0.401. The summed E-state index contributed by atoms with van der Waals surface area (Å²) in [6.07, 6.45) is 3.61. The largest absolute Gasteiger partial charge is 0.506 e. The van der Waals surface area contributed by atoms with Gasteiger partial charge in [-0.05, 0) is 36.8 Å². The van der Waals surface area contributed by atoms with Crippen molar-refractivity contribution in [2.24, 2.45) is 7.05 Å². The summed E-state index contributed by atoms with van der Waals surface area (Å²) in [4.78, 5) is 16.4. The minimum Gasteiger partial charge on any atom is -0.506 e. The van der Waals surface area contributed by atoms with Gasteiger partial charge in [-0.15, -0.1) is 0 Å². The van der Waals surface area contributed by atoms with Crippen molar-refractivity contribution in [2.45, 2.75) is 17.8 Å². The molecule has 1 aromatic carbocycles. The fourth-order valence-electron chi connectivity index (χ4n) is 2.14. The van der Waals surface area contributed by atoms with Crippen LogP contribution in [0.5, 0.6) is 5.75 Å². The third-order valence-electron chi connectivity index (χ3n) is 3.41. The molecule has 3 rings (SSSR count). The Morgan fingerprint density at radius 1 is 1.38 bits per heavy atom. The zero-order chi connectivity index (χ0) is 17.1. The maximum absolute atomic E-state index is 12.2. The number of carbonyl (C=O) groups excluding carboxylic acids is 1. The molecule has 2 N–H and O–H groups in total. The normalized spacial score (nSPS) is 10.8. The number of aromatic nitrogens is 2. The zero-order valence-electron chi connectivity index (χ0n) is 13.3. The SMILES string of the molecule is Cc1ccc(NC(=O)c2ccc(CSc3nccn3C)o2)c(O)c1. The first kappa shape index (κ1) is 16.2. The van der Waals surface area contributed by atoms with Crippen molar-refractivity contribution < 1.29 is 14.3 Å². The highest BCUT2D eigenvalue weighted by atomic mass is 32.2. The van der Waals surface area contributed by atoms with Crippen LogP contribution in [-0.2, 0) is 12.8 Å². The highest BCUT2D eigenvalue weighted by molar-refractivity contribution is 7.98. The van der Waals surface area contributed by atoms with Crippen LogP contribution in [0, 0.1) is 6.92 Å². The summed E-state index contributed by atoms with van der Waals surface area (Å²) in [5, 5.41) is 13.4. The second-order valence-corrected chi connectivity index (χ2v) is 6.29. The summed E-state index contributed by atoms with van der Waals surface area (Å²) in [6, 6.07) is 8.44. The van der Waals surface area contributed by atoms with Gasteiger partial charge < -0.3 is 19.4 Å². The molecule has 0 unspecified atom stereocenters. The Morgan fingerprint density at radius 3 is 2.92 bits per heavy atom. The lowest BCUT2D eigenvalue weighted by Gasteiger charge is -2.06. The summed E-state index contributed by atoms with van der Waals surface area (Å²) >= 11 is 1.53. The van der Waals surface area contributed by atoms with Gasteiger partial charge in [-0.2, -0.15) is 0 Å². The van der Waals surface area contributed by atoms with Crippen molar-refractivity contribution in [1.29, 1.82) is 0 Å². The van der Waals surface area contributed by atoms with Crippen LogP contribution in [0.3, 0.4) is 0 Å². The molecule has 0 saturated carbocycles. The predicted molar refractivity (Wildman–Crippen MR) is 92.3 cm³/mol. The Balaban J connectivity index is 1.64. The predicted octanol–water partition coefficient (Wildman–Crippen LogP) is 3.57. The molecule has 2 aromatic heterocycles. The Morgan fingerprint density at radius 2 is 2.21 bits per heavy atom. The Labute approximate surface area is 143 Å². The number of rotatable bonds is 5. The maximum Gasteiger partial charge on any atom is 0.291 e. The van der Waals surface area contributed by atoms with Gasteiger partial charge in [0.25, 0.3) is 5.91 Å². The van der Waals surface area contributed by atoms with E-state index in [-0.39, 0.29) is 11.5 Å². The monoisotopic (exact) mass is 343 g/mol. The molecule has 0 aliphatic heterocycles. The van der Waals surface area contributed by atoms with Crippen LogP contribution in [0.4, 0.5) is 5.69 Å². The number of anilines is 1. The average molecular weight is 343 g/mol. The highest BCUT2D eigenvalue weighted by Gasteiger charge is 2.14. The third kappa shape index (κ3) is 3.62. The van der Waals surface area contributed by atoms with E-state index < -0.39 is 5.91 Å². The summed E-state index contributed by atoms with van der Waals surface area (Å²) < 4.78 is 7.49. The number of amides is 1. The van der Waals surface area contributed by atoms with E-state index in [1.807, 2.05) is 30.8 Å². The minimum absolute atomic E-state index is 0.0282. The van der Waals surface area contributed by atoms with Crippen LogP contribution in [0.1, 0.15) is 21.9 Å². The lowest BCUT2D eigenvalue weighted by Crippen LogP contribution is -2.11. The van der Waals surface area contributed by atoms with Crippen molar-refractivity contribution in [1.82, 2.24) is 9.55 Å². The number of phenolic OH excluding ortho intramolecular Hbond substituents is 1. The molecule has 0 saturated heterocycles. The van der Waals surface area contributed by atoms with Crippen LogP contribution >= 0.6 is 11.8 Å². The lowest BCUT2D eigenvalue weighted by molar-refractivity contribution is 0.0995. The fourth-order valence-corrected chi connectivity index (χ4v) is 2.96. The van der Waals surface area contributed by atoms with Gasteiger partial charge in [0.15, 0.2) is 10.9 Å². The number of benzene rings is 1. The number of aryl methyl sites for hydroxylation is 2. The van der Waals surface area contributed by atoms with Gasteiger partial charge in [-0.3, -0.25) is 4.79 Å². The zero-order valence-corrected chi connectivity index (χ0v) is 14.1. The number of thioether (sulfide) groups is 1. The van der Waals surface area contributed by atoms with Crippen molar-refractivity contribution in [2.75, 3.05) is 5.32 Å². The second-order valence-electron chi connectivity index (χ2n) is 5.35. The number of hydrogen-bond acceptors (Lipinski definition) is 5. The van der Waals surface area contributed by atoms with E-state index in [1.54, 1.807) is 30.5 Å². The van der Waals surface area contributed by atoms with Gasteiger partial charge in [0.2, 0.25) is 0 Å². The molecule has 0 bridgehead atoms. The molecule has 0 fully saturated rings. The van der Waals surface area contributed by atoms with E-state index in [4.69, 9.17) is 4.42 Å². The molecule has 7 heteroatoms. The van der Waals surface area contributed by atoms with E-state index in [0.717, 1.165) is 10.7 Å².